The zero-order chi connectivity index (χ0) is 15.2. The van der Waals surface area contributed by atoms with Crippen molar-refractivity contribution in [2.45, 2.75) is 19.9 Å². The van der Waals surface area contributed by atoms with Crippen LogP contribution in [-0.4, -0.2) is 13.1 Å². The Balaban J connectivity index is 2.13. The summed E-state index contributed by atoms with van der Waals surface area (Å²) in [6, 6.07) is 14.1. The number of rotatable bonds is 5. The second-order valence-corrected chi connectivity index (χ2v) is 5.71. The first kappa shape index (κ1) is 15.6. The van der Waals surface area contributed by atoms with E-state index in [9.17, 15) is 4.79 Å². The van der Waals surface area contributed by atoms with Crippen LogP contribution in [0, 0.1) is 6.92 Å². The van der Waals surface area contributed by atoms with Crippen LogP contribution in [0.4, 0.5) is 5.69 Å². The fraction of sp³-hybridized carbons (Fsp3) is 0.235. The summed E-state index contributed by atoms with van der Waals surface area (Å²) in [5.74, 6) is -0.223. The van der Waals surface area contributed by atoms with Crippen LogP contribution in [0.1, 0.15) is 16.7 Å². The van der Waals surface area contributed by atoms with Crippen molar-refractivity contribution in [3.63, 3.8) is 0 Å². The summed E-state index contributed by atoms with van der Waals surface area (Å²) >= 11 is 3.54. The molecule has 0 spiro atoms. The van der Waals surface area contributed by atoms with Gasteiger partial charge in [0.05, 0.1) is 13.5 Å². The summed E-state index contributed by atoms with van der Waals surface area (Å²) in [5, 5.41) is 3.40. The summed E-state index contributed by atoms with van der Waals surface area (Å²) in [4.78, 5) is 11.5. The Morgan fingerprint density at radius 3 is 2.62 bits per heavy atom. The molecule has 0 aromatic heterocycles. The van der Waals surface area contributed by atoms with E-state index in [-0.39, 0.29) is 5.97 Å². The van der Waals surface area contributed by atoms with Crippen molar-refractivity contribution in [1.82, 2.24) is 0 Å². The third-order valence-electron chi connectivity index (χ3n) is 3.27. The Bertz CT molecular complexity index is 640. The summed E-state index contributed by atoms with van der Waals surface area (Å²) in [7, 11) is 1.41. The third kappa shape index (κ3) is 4.33. The number of benzene rings is 2. The minimum atomic E-state index is -0.223. The summed E-state index contributed by atoms with van der Waals surface area (Å²) in [5.41, 5.74) is 4.32. The zero-order valence-corrected chi connectivity index (χ0v) is 13.7. The molecule has 2 aromatic rings. The maximum absolute atomic E-state index is 11.5. The standard InChI is InChI=1S/C17H18BrNO2/c1-12-7-8-15(18)16(9-12)19-11-14-6-4-3-5-13(14)10-17(20)21-2/h3-9,19H,10-11H2,1-2H3. The predicted molar refractivity (Wildman–Crippen MR) is 88.4 cm³/mol. The van der Waals surface area contributed by atoms with Gasteiger partial charge in [0, 0.05) is 16.7 Å². The number of aryl methyl sites for hydroxylation is 1. The average Bonchev–Trinajstić information content (AvgIpc) is 2.49. The number of esters is 1. The molecule has 1 N–H and O–H groups in total. The summed E-state index contributed by atoms with van der Waals surface area (Å²) in [6.07, 6.45) is 0.295. The van der Waals surface area contributed by atoms with Gasteiger partial charge in [-0.15, -0.1) is 0 Å². The zero-order valence-electron chi connectivity index (χ0n) is 12.2. The van der Waals surface area contributed by atoms with Gasteiger partial charge in [-0.2, -0.15) is 0 Å². The van der Waals surface area contributed by atoms with E-state index in [2.05, 4.69) is 40.3 Å². The number of hydrogen-bond donors (Lipinski definition) is 1. The number of anilines is 1. The van der Waals surface area contributed by atoms with Gasteiger partial charge in [-0.05, 0) is 51.7 Å². The van der Waals surface area contributed by atoms with Crippen LogP contribution in [0.25, 0.3) is 0 Å². The highest BCUT2D eigenvalue weighted by atomic mass is 79.9. The van der Waals surface area contributed by atoms with Gasteiger partial charge in [-0.25, -0.2) is 0 Å². The van der Waals surface area contributed by atoms with Crippen molar-refractivity contribution in [2.75, 3.05) is 12.4 Å². The molecule has 3 nitrogen and oxygen atoms in total. The van der Waals surface area contributed by atoms with Gasteiger partial charge in [0.1, 0.15) is 0 Å². The fourth-order valence-corrected chi connectivity index (χ4v) is 2.48. The largest absolute Gasteiger partial charge is 0.469 e. The maximum Gasteiger partial charge on any atom is 0.309 e. The van der Waals surface area contributed by atoms with Crippen LogP contribution in [0.3, 0.4) is 0 Å². The quantitative estimate of drug-likeness (QED) is 0.828. The molecule has 2 rings (SSSR count). The van der Waals surface area contributed by atoms with E-state index in [1.807, 2.05) is 30.3 Å². The number of halogens is 1. The molecule has 0 amide bonds. The molecule has 2 aromatic carbocycles. The van der Waals surface area contributed by atoms with E-state index in [0.29, 0.717) is 13.0 Å². The van der Waals surface area contributed by atoms with Crippen molar-refractivity contribution in [3.05, 3.63) is 63.6 Å². The lowest BCUT2D eigenvalue weighted by molar-refractivity contribution is -0.139. The van der Waals surface area contributed by atoms with Gasteiger partial charge in [0.15, 0.2) is 0 Å². The Morgan fingerprint density at radius 1 is 1.19 bits per heavy atom. The molecule has 0 radical (unpaired) electrons. The first-order valence-electron chi connectivity index (χ1n) is 6.74. The molecule has 21 heavy (non-hydrogen) atoms. The molecule has 110 valence electrons. The molecule has 0 saturated carbocycles. The lowest BCUT2D eigenvalue weighted by Crippen LogP contribution is -2.09. The predicted octanol–water partition coefficient (Wildman–Crippen LogP) is 4.09. The van der Waals surface area contributed by atoms with E-state index < -0.39 is 0 Å². The highest BCUT2D eigenvalue weighted by molar-refractivity contribution is 9.10. The summed E-state index contributed by atoms with van der Waals surface area (Å²) in [6.45, 7) is 2.72. The lowest BCUT2D eigenvalue weighted by Gasteiger charge is -2.12. The molecule has 0 saturated heterocycles. The van der Waals surface area contributed by atoms with Crippen LogP contribution in [-0.2, 0) is 22.5 Å². The van der Waals surface area contributed by atoms with Crippen molar-refractivity contribution in [2.24, 2.45) is 0 Å². The van der Waals surface area contributed by atoms with E-state index >= 15 is 0 Å². The first-order chi connectivity index (χ1) is 10.1. The first-order valence-corrected chi connectivity index (χ1v) is 7.53. The van der Waals surface area contributed by atoms with Crippen LogP contribution in [0.5, 0.6) is 0 Å². The Hall–Kier alpha value is -1.81. The Kier molecular flexibility index (Phi) is 5.39. The average molecular weight is 348 g/mol. The number of nitrogens with one attached hydrogen (secondary N) is 1. The smallest absolute Gasteiger partial charge is 0.309 e. The van der Waals surface area contributed by atoms with Gasteiger partial charge in [-0.3, -0.25) is 4.79 Å². The third-order valence-corrected chi connectivity index (χ3v) is 3.96. The molecule has 0 heterocycles. The van der Waals surface area contributed by atoms with E-state index in [4.69, 9.17) is 4.74 Å². The minimum absolute atomic E-state index is 0.223. The van der Waals surface area contributed by atoms with E-state index in [1.54, 1.807) is 0 Å². The SMILES string of the molecule is COC(=O)Cc1ccccc1CNc1cc(C)ccc1Br. The second-order valence-electron chi connectivity index (χ2n) is 4.86. The molecule has 0 unspecified atom stereocenters. The number of carbonyl (C=O) groups is 1. The normalized spacial score (nSPS) is 10.2. The fourth-order valence-electron chi connectivity index (χ4n) is 2.10. The van der Waals surface area contributed by atoms with E-state index in [1.165, 1.54) is 12.7 Å². The monoisotopic (exact) mass is 347 g/mol. The molecule has 4 heteroatoms. The van der Waals surface area contributed by atoms with E-state index in [0.717, 1.165) is 21.3 Å². The van der Waals surface area contributed by atoms with Crippen LogP contribution < -0.4 is 5.32 Å². The lowest BCUT2D eigenvalue weighted by atomic mass is 10.0. The van der Waals surface area contributed by atoms with Gasteiger partial charge in [-0.1, -0.05) is 30.3 Å². The molecule has 0 aliphatic rings. The molecule has 0 bridgehead atoms. The van der Waals surface area contributed by atoms with Gasteiger partial charge >= 0.3 is 5.97 Å². The molecule has 0 aliphatic carbocycles. The molecule has 0 atom stereocenters. The molecule has 0 aliphatic heterocycles. The van der Waals surface area contributed by atoms with Crippen molar-refractivity contribution in [1.29, 1.82) is 0 Å². The topological polar surface area (TPSA) is 38.3 Å². The molecular formula is C17H18BrNO2. The van der Waals surface area contributed by atoms with Crippen LogP contribution in [0.2, 0.25) is 0 Å². The molecule has 0 fully saturated rings. The van der Waals surface area contributed by atoms with Crippen LogP contribution >= 0.6 is 15.9 Å². The number of ether oxygens (including phenoxy) is 1. The highest BCUT2D eigenvalue weighted by Crippen LogP contribution is 2.24. The van der Waals surface area contributed by atoms with Crippen molar-refractivity contribution < 1.29 is 9.53 Å². The van der Waals surface area contributed by atoms with Gasteiger partial charge in [0.2, 0.25) is 0 Å². The van der Waals surface area contributed by atoms with Crippen LogP contribution in [0.15, 0.2) is 46.9 Å². The molecular weight excluding hydrogens is 330 g/mol. The van der Waals surface area contributed by atoms with Gasteiger partial charge < -0.3 is 10.1 Å². The Morgan fingerprint density at radius 2 is 1.90 bits per heavy atom. The number of hydrogen-bond acceptors (Lipinski definition) is 3. The van der Waals surface area contributed by atoms with Crippen molar-refractivity contribution in [3.8, 4) is 0 Å². The number of methoxy groups -OCH3 is 1. The minimum Gasteiger partial charge on any atom is -0.469 e. The van der Waals surface area contributed by atoms with Crippen molar-refractivity contribution >= 4 is 27.6 Å². The van der Waals surface area contributed by atoms with Gasteiger partial charge in [0.25, 0.3) is 0 Å². The Labute approximate surface area is 133 Å². The number of carbonyl (C=O) groups excluding carboxylic acids is 1. The highest BCUT2D eigenvalue weighted by Gasteiger charge is 2.08. The maximum atomic E-state index is 11.5. The summed E-state index contributed by atoms with van der Waals surface area (Å²) < 4.78 is 5.77. The second kappa shape index (κ2) is 7.27.